The Labute approximate surface area is 173 Å². The first-order chi connectivity index (χ1) is 13.7. The minimum atomic E-state index is 0.0588. The Hall–Kier alpha value is -2.62. The second-order valence-electron chi connectivity index (χ2n) is 6.05. The minimum absolute atomic E-state index is 0.0588. The summed E-state index contributed by atoms with van der Waals surface area (Å²) in [5.41, 5.74) is 3.19. The summed E-state index contributed by atoms with van der Waals surface area (Å²) in [5, 5.41) is 12.4. The van der Waals surface area contributed by atoms with Gasteiger partial charge in [0, 0.05) is 29.1 Å². The molecule has 0 aliphatic heterocycles. The van der Waals surface area contributed by atoms with Crippen molar-refractivity contribution < 1.29 is 4.79 Å². The van der Waals surface area contributed by atoms with Gasteiger partial charge in [-0.05, 0) is 31.4 Å². The first-order valence-corrected chi connectivity index (χ1v) is 11.0. The van der Waals surface area contributed by atoms with Crippen molar-refractivity contribution >= 4 is 29.0 Å². The van der Waals surface area contributed by atoms with Gasteiger partial charge in [0.15, 0.2) is 0 Å². The number of hydrogen-bond donors (Lipinski definition) is 0. The summed E-state index contributed by atoms with van der Waals surface area (Å²) in [4.78, 5) is 20.0. The molecule has 4 nitrogen and oxygen atoms in total. The number of rotatable bonds is 7. The van der Waals surface area contributed by atoms with Crippen molar-refractivity contribution in [2.45, 2.75) is 18.9 Å². The number of nitrogens with zero attached hydrogens (tertiary/aromatic N) is 3. The third-order valence-corrected chi connectivity index (χ3v) is 6.27. The van der Waals surface area contributed by atoms with Crippen LogP contribution in [0.3, 0.4) is 0 Å². The van der Waals surface area contributed by atoms with Crippen molar-refractivity contribution in [1.82, 2.24) is 9.88 Å². The summed E-state index contributed by atoms with van der Waals surface area (Å²) in [6.45, 7) is 5.30. The molecule has 1 amide bonds. The second-order valence-corrected chi connectivity index (χ2v) is 7.96. The molecule has 0 fully saturated rings. The number of aromatic nitrogens is 1. The lowest BCUT2D eigenvalue weighted by atomic mass is 10.0. The van der Waals surface area contributed by atoms with Crippen molar-refractivity contribution in [3.8, 4) is 27.8 Å². The van der Waals surface area contributed by atoms with Crippen LogP contribution in [0.2, 0.25) is 0 Å². The molecule has 3 aromatic rings. The summed E-state index contributed by atoms with van der Waals surface area (Å²) in [6.07, 6.45) is 0. The van der Waals surface area contributed by atoms with Crippen molar-refractivity contribution in [3.05, 3.63) is 59.5 Å². The minimum Gasteiger partial charge on any atom is -0.343 e. The third-order valence-electron chi connectivity index (χ3n) is 4.40. The van der Waals surface area contributed by atoms with Gasteiger partial charge in [0.25, 0.3) is 0 Å². The average molecular weight is 408 g/mol. The maximum absolute atomic E-state index is 12.4. The van der Waals surface area contributed by atoms with Crippen LogP contribution in [0.1, 0.15) is 19.4 Å². The maximum Gasteiger partial charge on any atom is 0.232 e. The summed E-state index contributed by atoms with van der Waals surface area (Å²) >= 11 is 2.93. The van der Waals surface area contributed by atoms with E-state index in [1.165, 1.54) is 11.8 Å². The topological polar surface area (TPSA) is 57.0 Å². The largest absolute Gasteiger partial charge is 0.343 e. The van der Waals surface area contributed by atoms with E-state index in [2.05, 4.69) is 6.07 Å². The van der Waals surface area contributed by atoms with E-state index in [4.69, 9.17) is 4.98 Å². The molecule has 142 valence electrons. The Bertz CT molecular complexity index is 975. The molecule has 0 N–H and O–H groups in total. The predicted molar refractivity (Wildman–Crippen MR) is 116 cm³/mol. The van der Waals surface area contributed by atoms with Crippen LogP contribution >= 0.6 is 23.1 Å². The van der Waals surface area contributed by atoms with Crippen LogP contribution in [-0.2, 0) is 4.79 Å². The third kappa shape index (κ3) is 4.44. The molecule has 0 aliphatic rings. The highest BCUT2D eigenvalue weighted by molar-refractivity contribution is 8.00. The SMILES string of the molecule is CCN(CC)C(=O)CSc1nc(-c2ccccc2)cc(-c2cccs2)c1C#N. The molecule has 0 aliphatic carbocycles. The van der Waals surface area contributed by atoms with Gasteiger partial charge < -0.3 is 4.90 Å². The molecule has 3 rings (SSSR count). The lowest BCUT2D eigenvalue weighted by molar-refractivity contribution is -0.127. The van der Waals surface area contributed by atoms with E-state index < -0.39 is 0 Å². The van der Waals surface area contributed by atoms with Crippen LogP contribution in [0, 0.1) is 11.3 Å². The molecule has 1 aromatic carbocycles. The molecule has 0 radical (unpaired) electrons. The fraction of sp³-hybridized carbons (Fsp3) is 0.227. The first kappa shape index (κ1) is 20.1. The van der Waals surface area contributed by atoms with Gasteiger partial charge in [-0.2, -0.15) is 5.26 Å². The fourth-order valence-electron chi connectivity index (χ4n) is 2.91. The Morgan fingerprint density at radius 1 is 1.18 bits per heavy atom. The Morgan fingerprint density at radius 2 is 1.93 bits per heavy atom. The number of benzene rings is 1. The standard InChI is InChI=1S/C22H21N3OS2/c1-3-25(4-2)21(26)15-28-22-18(14-23)17(20-11-8-12-27-20)13-19(24-22)16-9-6-5-7-10-16/h5-13H,3-4,15H2,1-2H3. The molecular weight excluding hydrogens is 386 g/mol. The van der Waals surface area contributed by atoms with Gasteiger partial charge in [0.1, 0.15) is 11.1 Å². The zero-order valence-corrected chi connectivity index (χ0v) is 17.5. The molecule has 2 aromatic heterocycles. The number of carbonyl (C=O) groups excluding carboxylic acids is 1. The molecule has 0 spiro atoms. The molecule has 0 bridgehead atoms. The van der Waals surface area contributed by atoms with Gasteiger partial charge in [-0.3, -0.25) is 4.79 Å². The number of hydrogen-bond acceptors (Lipinski definition) is 5. The second kappa shape index (κ2) is 9.54. The van der Waals surface area contributed by atoms with Crippen molar-refractivity contribution in [3.63, 3.8) is 0 Å². The first-order valence-electron chi connectivity index (χ1n) is 9.12. The predicted octanol–water partition coefficient (Wildman–Crippen LogP) is 5.31. The molecule has 0 unspecified atom stereocenters. The van der Waals surface area contributed by atoms with E-state index >= 15 is 0 Å². The fourth-order valence-corrected chi connectivity index (χ4v) is 4.57. The van der Waals surface area contributed by atoms with Gasteiger partial charge >= 0.3 is 0 Å². The molecule has 0 atom stereocenters. The lowest BCUT2D eigenvalue weighted by Crippen LogP contribution is -2.31. The van der Waals surface area contributed by atoms with Crippen molar-refractivity contribution in [2.75, 3.05) is 18.8 Å². The van der Waals surface area contributed by atoms with Gasteiger partial charge in [0.2, 0.25) is 5.91 Å². The number of thioether (sulfide) groups is 1. The molecule has 28 heavy (non-hydrogen) atoms. The van der Waals surface area contributed by atoms with Crippen LogP contribution in [0.15, 0.2) is 58.9 Å². The number of amides is 1. The van der Waals surface area contributed by atoms with E-state index in [0.29, 0.717) is 23.7 Å². The average Bonchev–Trinajstić information content (AvgIpc) is 3.27. The van der Waals surface area contributed by atoms with Crippen LogP contribution in [0.5, 0.6) is 0 Å². The maximum atomic E-state index is 12.4. The highest BCUT2D eigenvalue weighted by atomic mass is 32.2. The van der Waals surface area contributed by atoms with E-state index in [1.54, 1.807) is 16.2 Å². The molecular formula is C22H21N3OS2. The zero-order valence-electron chi connectivity index (χ0n) is 15.9. The highest BCUT2D eigenvalue weighted by Gasteiger charge is 2.18. The summed E-state index contributed by atoms with van der Waals surface area (Å²) < 4.78 is 0. The van der Waals surface area contributed by atoms with Crippen molar-refractivity contribution in [2.24, 2.45) is 0 Å². The van der Waals surface area contributed by atoms with E-state index in [9.17, 15) is 10.1 Å². The van der Waals surface area contributed by atoms with Gasteiger partial charge in [0.05, 0.1) is 17.0 Å². The quantitative estimate of drug-likeness (QED) is 0.498. The normalized spacial score (nSPS) is 10.5. The molecule has 0 saturated heterocycles. The van der Waals surface area contributed by atoms with E-state index in [1.807, 2.05) is 67.8 Å². The number of nitriles is 1. The highest BCUT2D eigenvalue weighted by Crippen LogP contribution is 2.36. The Balaban J connectivity index is 2.03. The van der Waals surface area contributed by atoms with Crippen LogP contribution < -0.4 is 0 Å². The zero-order chi connectivity index (χ0) is 19.9. The smallest absolute Gasteiger partial charge is 0.232 e. The monoisotopic (exact) mass is 407 g/mol. The van der Waals surface area contributed by atoms with Crippen LogP contribution in [0.4, 0.5) is 0 Å². The number of thiophene rings is 1. The van der Waals surface area contributed by atoms with Gasteiger partial charge in [-0.1, -0.05) is 48.2 Å². The van der Waals surface area contributed by atoms with Crippen LogP contribution in [0.25, 0.3) is 21.7 Å². The Kier molecular flexibility index (Phi) is 6.85. The Morgan fingerprint density at radius 3 is 2.54 bits per heavy atom. The summed E-state index contributed by atoms with van der Waals surface area (Å²) in [5.74, 6) is 0.328. The summed E-state index contributed by atoms with van der Waals surface area (Å²) in [6, 6.07) is 18.2. The molecule has 6 heteroatoms. The summed E-state index contributed by atoms with van der Waals surface area (Å²) in [7, 11) is 0. The van der Waals surface area contributed by atoms with Crippen LogP contribution in [-0.4, -0.2) is 34.6 Å². The number of carbonyl (C=O) groups is 1. The molecule has 0 saturated carbocycles. The van der Waals surface area contributed by atoms with E-state index in [0.717, 1.165) is 21.7 Å². The van der Waals surface area contributed by atoms with Gasteiger partial charge in [-0.25, -0.2) is 4.98 Å². The van der Waals surface area contributed by atoms with E-state index in [-0.39, 0.29) is 11.7 Å². The van der Waals surface area contributed by atoms with Crippen molar-refractivity contribution in [1.29, 1.82) is 5.26 Å². The lowest BCUT2D eigenvalue weighted by Gasteiger charge is -2.18. The number of pyridine rings is 1. The molecule has 2 heterocycles. The van der Waals surface area contributed by atoms with Gasteiger partial charge in [-0.15, -0.1) is 11.3 Å².